The maximum absolute atomic E-state index is 4.22. The van der Waals surface area contributed by atoms with Gasteiger partial charge in [-0.1, -0.05) is 6.07 Å². The van der Waals surface area contributed by atoms with E-state index in [0.29, 0.717) is 0 Å². The summed E-state index contributed by atoms with van der Waals surface area (Å²) >= 11 is 4.22. The average Bonchev–Trinajstić information content (AvgIpc) is 1.59. The fourth-order valence-electron chi connectivity index (χ4n) is 0.951. The van der Waals surface area contributed by atoms with Crippen LogP contribution in [-0.4, -0.2) is 0 Å². The molecule has 0 spiro atoms. The van der Waals surface area contributed by atoms with Gasteiger partial charge in [-0.15, -0.1) is 12.6 Å². The fourth-order valence-corrected chi connectivity index (χ4v) is 1.36. The maximum Gasteiger partial charge on any atom is 1.00 e. The molecule has 0 heterocycles. The number of benzene rings is 1. The minimum absolute atomic E-state index is 0. The molecule has 0 atom stereocenters. The normalized spacial score (nSPS) is 8.70. The van der Waals surface area contributed by atoms with Crippen LogP contribution in [0.1, 0.15) is 12.6 Å². The Morgan fingerprint density at radius 3 is 1.80 bits per heavy atom. The van der Waals surface area contributed by atoms with Crippen molar-refractivity contribution in [1.29, 1.82) is 0 Å². The molecule has 0 aliphatic carbocycles. The van der Waals surface area contributed by atoms with Crippen LogP contribution in [0.3, 0.4) is 0 Å². The fraction of sp³-hybridized carbons (Fsp3) is 0.250. The minimum Gasteiger partial charge on any atom is -1.00 e. The van der Waals surface area contributed by atoms with E-state index in [0.717, 1.165) is 4.90 Å². The van der Waals surface area contributed by atoms with E-state index in [9.17, 15) is 0 Å². The molecule has 0 aromatic heterocycles. The van der Waals surface area contributed by atoms with E-state index in [2.05, 4.69) is 44.7 Å². The van der Waals surface area contributed by atoms with Gasteiger partial charge in [0.15, 0.2) is 0 Å². The van der Waals surface area contributed by atoms with Crippen LogP contribution in [0.4, 0.5) is 0 Å². The SMILES string of the molecule is Cc1cc(C)cc(S)c1.[H-].[Li+]. The molecule has 1 aromatic rings. The summed E-state index contributed by atoms with van der Waals surface area (Å²) < 4.78 is 0. The molecule has 0 fully saturated rings. The van der Waals surface area contributed by atoms with Crippen LogP contribution >= 0.6 is 12.6 Å². The van der Waals surface area contributed by atoms with Crippen LogP contribution in [0.2, 0.25) is 0 Å². The average molecular weight is 146 g/mol. The minimum atomic E-state index is 0. The van der Waals surface area contributed by atoms with E-state index >= 15 is 0 Å². The Bertz CT molecular complexity index is 175. The van der Waals surface area contributed by atoms with Crippen molar-refractivity contribution in [2.45, 2.75) is 18.7 Å². The third-order valence-electron chi connectivity index (χ3n) is 1.21. The van der Waals surface area contributed by atoms with Gasteiger partial charge < -0.3 is 1.43 Å². The summed E-state index contributed by atoms with van der Waals surface area (Å²) in [6.45, 7) is 4.15. The summed E-state index contributed by atoms with van der Waals surface area (Å²) in [5.41, 5.74) is 2.56. The first-order chi connectivity index (χ1) is 4.18. The Balaban J connectivity index is 0. The molecule has 1 rings (SSSR count). The van der Waals surface area contributed by atoms with Crippen LogP contribution in [0.25, 0.3) is 0 Å². The number of hydrogen-bond acceptors (Lipinski definition) is 1. The number of rotatable bonds is 0. The van der Waals surface area contributed by atoms with Gasteiger partial charge in [0, 0.05) is 4.90 Å². The largest absolute Gasteiger partial charge is 1.00 e. The van der Waals surface area contributed by atoms with Crippen molar-refractivity contribution in [3.8, 4) is 0 Å². The maximum atomic E-state index is 4.22. The van der Waals surface area contributed by atoms with Crippen LogP contribution in [0.5, 0.6) is 0 Å². The Morgan fingerprint density at radius 1 is 1.10 bits per heavy atom. The quantitative estimate of drug-likeness (QED) is 0.377. The van der Waals surface area contributed by atoms with Crippen molar-refractivity contribution in [3.05, 3.63) is 29.3 Å². The second-order valence-corrected chi connectivity index (χ2v) is 2.86. The monoisotopic (exact) mass is 146 g/mol. The van der Waals surface area contributed by atoms with Crippen LogP contribution in [0.15, 0.2) is 23.1 Å². The zero-order chi connectivity index (χ0) is 6.85. The number of aryl methyl sites for hydroxylation is 2. The van der Waals surface area contributed by atoms with E-state index < -0.39 is 0 Å². The van der Waals surface area contributed by atoms with E-state index in [1.165, 1.54) is 11.1 Å². The van der Waals surface area contributed by atoms with Gasteiger partial charge in [0.2, 0.25) is 0 Å². The van der Waals surface area contributed by atoms with Gasteiger partial charge >= 0.3 is 18.9 Å². The molecular weight excluding hydrogens is 135 g/mol. The Hall–Kier alpha value is 0.167. The molecule has 0 N–H and O–H groups in total. The topological polar surface area (TPSA) is 0 Å². The summed E-state index contributed by atoms with van der Waals surface area (Å²) in [6, 6.07) is 6.24. The van der Waals surface area contributed by atoms with Crippen molar-refractivity contribution in [3.63, 3.8) is 0 Å². The smallest absolute Gasteiger partial charge is 1.00 e. The van der Waals surface area contributed by atoms with Gasteiger partial charge in [-0.2, -0.15) is 0 Å². The standard InChI is InChI=1S/C8H10S.Li.H/c1-6-3-7(2)5-8(9)4-6;;/h3-5,9H,1-2H3;;/q;+1;-1. The zero-order valence-electron chi connectivity index (χ0n) is 7.68. The van der Waals surface area contributed by atoms with E-state index in [1.807, 2.05) is 0 Å². The van der Waals surface area contributed by atoms with Crippen molar-refractivity contribution in [2.24, 2.45) is 0 Å². The molecule has 50 valence electrons. The molecular formula is C8H11LiS. The van der Waals surface area contributed by atoms with Crippen molar-refractivity contribution in [2.75, 3.05) is 0 Å². The molecule has 0 radical (unpaired) electrons. The van der Waals surface area contributed by atoms with E-state index in [-0.39, 0.29) is 20.3 Å². The van der Waals surface area contributed by atoms with Crippen molar-refractivity contribution in [1.82, 2.24) is 0 Å². The predicted molar refractivity (Wildman–Crippen MR) is 44.3 cm³/mol. The van der Waals surface area contributed by atoms with E-state index in [4.69, 9.17) is 0 Å². The predicted octanol–water partition coefficient (Wildman–Crippen LogP) is -0.291. The van der Waals surface area contributed by atoms with Gasteiger partial charge in [-0.3, -0.25) is 0 Å². The first-order valence-electron chi connectivity index (χ1n) is 2.96. The van der Waals surface area contributed by atoms with Gasteiger partial charge in [0.1, 0.15) is 0 Å². The molecule has 0 nitrogen and oxygen atoms in total. The molecule has 0 aliphatic heterocycles. The molecule has 0 saturated heterocycles. The first-order valence-corrected chi connectivity index (χ1v) is 3.40. The second-order valence-electron chi connectivity index (χ2n) is 2.35. The molecule has 2 heteroatoms. The van der Waals surface area contributed by atoms with Gasteiger partial charge in [0.05, 0.1) is 0 Å². The molecule has 0 aliphatic rings. The molecule has 0 bridgehead atoms. The first kappa shape index (κ1) is 10.2. The van der Waals surface area contributed by atoms with Crippen LogP contribution in [-0.2, 0) is 0 Å². The summed E-state index contributed by atoms with van der Waals surface area (Å²) in [5, 5.41) is 0. The van der Waals surface area contributed by atoms with Gasteiger partial charge in [-0.05, 0) is 37.1 Å². The van der Waals surface area contributed by atoms with Crippen LogP contribution < -0.4 is 18.9 Å². The molecule has 1 aromatic carbocycles. The second kappa shape index (κ2) is 4.13. The summed E-state index contributed by atoms with van der Waals surface area (Å²) in [6.07, 6.45) is 0. The molecule has 10 heavy (non-hydrogen) atoms. The number of thiol groups is 1. The molecule has 0 amide bonds. The Kier molecular flexibility index (Phi) is 4.20. The Labute approximate surface area is 81.1 Å². The van der Waals surface area contributed by atoms with Gasteiger partial charge in [-0.25, -0.2) is 0 Å². The zero-order valence-corrected chi connectivity index (χ0v) is 7.57. The number of hydrogen-bond donors (Lipinski definition) is 1. The third-order valence-corrected chi connectivity index (χ3v) is 1.46. The van der Waals surface area contributed by atoms with Crippen LogP contribution in [0, 0.1) is 13.8 Å². The van der Waals surface area contributed by atoms with Crippen molar-refractivity contribution >= 4 is 12.6 Å². The summed E-state index contributed by atoms with van der Waals surface area (Å²) in [7, 11) is 0. The summed E-state index contributed by atoms with van der Waals surface area (Å²) in [5.74, 6) is 0. The molecule has 0 saturated carbocycles. The summed E-state index contributed by atoms with van der Waals surface area (Å²) in [4.78, 5) is 1.05. The van der Waals surface area contributed by atoms with Gasteiger partial charge in [0.25, 0.3) is 0 Å². The molecule has 0 unspecified atom stereocenters. The Morgan fingerprint density at radius 2 is 1.50 bits per heavy atom. The van der Waals surface area contributed by atoms with E-state index in [1.54, 1.807) is 0 Å². The van der Waals surface area contributed by atoms with Crippen molar-refractivity contribution < 1.29 is 20.3 Å². The third kappa shape index (κ3) is 2.83.